The summed E-state index contributed by atoms with van der Waals surface area (Å²) in [5, 5.41) is 9.90. The van der Waals surface area contributed by atoms with E-state index in [1.54, 1.807) is 20.0 Å². The van der Waals surface area contributed by atoms with Crippen molar-refractivity contribution in [3.63, 3.8) is 0 Å². The topological polar surface area (TPSA) is 193 Å². The molecule has 1 aromatic heterocycles. The highest BCUT2D eigenvalue weighted by Crippen LogP contribution is 2.54. The zero-order valence-electron chi connectivity index (χ0n) is 16.0. The van der Waals surface area contributed by atoms with Crippen LogP contribution >= 0.6 is 27.4 Å². The number of rotatable bonds is 9. The Bertz CT molecular complexity index is 877. The van der Waals surface area contributed by atoms with Crippen molar-refractivity contribution in [3.8, 4) is 0 Å². The Kier molecular flexibility index (Phi) is 8.02. The number of allylic oxidation sites excluding steroid dienone is 1. The zero-order valence-corrected chi connectivity index (χ0v) is 18.6. The van der Waals surface area contributed by atoms with Crippen LogP contribution in [0.15, 0.2) is 16.8 Å². The number of hydrogen-bond acceptors (Lipinski definition) is 10. The normalized spacial score (nSPS) is 23.3. The van der Waals surface area contributed by atoms with Gasteiger partial charge in [0.1, 0.15) is 30.0 Å². The Hall–Kier alpha value is -0.850. The Morgan fingerprint density at radius 1 is 1.41 bits per heavy atom. The van der Waals surface area contributed by atoms with Crippen LogP contribution in [0.5, 0.6) is 0 Å². The van der Waals surface area contributed by atoms with Crippen LogP contribution in [0.25, 0.3) is 0 Å². The first-order chi connectivity index (χ1) is 13.3. The molecule has 15 heteroatoms. The van der Waals surface area contributed by atoms with E-state index in [-0.39, 0.29) is 18.4 Å². The number of hydrogen-bond donors (Lipinski definition) is 5. The number of phosphoric acid groups is 2. The standard InChI is InChI=1S/C14H24N4O8P2S/c1-8-12(4-5-25-28(23,24)26-27(20,21)22)29-14(9(2)19)18(8)7-11-6-16-10(3)17-13(11)15/h6,9,14,19H,4-5,7H2,1-3H3,(H,23,24)(H2,15,16,17)(H2,20,21,22). The van der Waals surface area contributed by atoms with Crippen molar-refractivity contribution in [2.45, 2.75) is 45.2 Å². The van der Waals surface area contributed by atoms with Crippen molar-refractivity contribution >= 4 is 33.2 Å². The van der Waals surface area contributed by atoms with E-state index in [2.05, 4.69) is 18.8 Å². The molecule has 0 radical (unpaired) electrons. The molecule has 2 rings (SSSR count). The van der Waals surface area contributed by atoms with Gasteiger partial charge in [0.2, 0.25) is 0 Å². The second-order valence-electron chi connectivity index (χ2n) is 6.46. The van der Waals surface area contributed by atoms with Crippen molar-refractivity contribution in [1.29, 1.82) is 0 Å². The smallest absolute Gasteiger partial charge is 0.476 e. The number of aliphatic hydroxyl groups excluding tert-OH is 1. The molecular formula is C14H24N4O8P2S. The van der Waals surface area contributed by atoms with Gasteiger partial charge in [0.15, 0.2) is 5.37 Å². The molecule has 0 saturated heterocycles. The highest BCUT2D eigenvalue weighted by Gasteiger charge is 2.39. The molecule has 12 nitrogen and oxygen atoms in total. The first kappa shape index (κ1) is 24.4. The molecule has 0 spiro atoms. The van der Waals surface area contributed by atoms with Crippen LogP contribution in [-0.4, -0.2) is 42.9 Å². The molecule has 0 amide bonds. The van der Waals surface area contributed by atoms with Crippen LogP contribution < -0.4 is 15.5 Å². The highest BCUT2D eigenvalue weighted by atomic mass is 32.2. The predicted octanol–water partition coefficient (Wildman–Crippen LogP) is -0.578. The Morgan fingerprint density at radius 3 is 2.62 bits per heavy atom. The summed E-state index contributed by atoms with van der Waals surface area (Å²) in [4.78, 5) is 38.6. The van der Waals surface area contributed by atoms with E-state index in [0.717, 1.165) is 15.5 Å². The summed E-state index contributed by atoms with van der Waals surface area (Å²) in [6, 6.07) is 0. The van der Waals surface area contributed by atoms with Crippen molar-refractivity contribution in [1.82, 2.24) is 9.97 Å². The number of thioether (sulfide) groups is 1. The number of aryl methyl sites for hydroxylation is 1. The summed E-state index contributed by atoms with van der Waals surface area (Å²) in [7, 11) is -10.4. The van der Waals surface area contributed by atoms with Crippen LogP contribution in [0.2, 0.25) is 0 Å². The quantitative estimate of drug-likeness (QED) is 0.289. The molecule has 0 bridgehead atoms. The van der Waals surface area contributed by atoms with E-state index in [4.69, 9.17) is 15.5 Å². The lowest BCUT2D eigenvalue weighted by Gasteiger charge is -2.24. The number of anilines is 1. The van der Waals surface area contributed by atoms with Crippen LogP contribution in [0.4, 0.5) is 5.82 Å². The second kappa shape index (κ2) is 9.52. The summed E-state index contributed by atoms with van der Waals surface area (Å²) >= 11 is 1.37. The minimum Gasteiger partial charge on any atom is -0.756 e. The van der Waals surface area contributed by atoms with E-state index in [9.17, 15) is 19.1 Å². The lowest BCUT2D eigenvalue weighted by molar-refractivity contribution is -0.886. The van der Waals surface area contributed by atoms with Crippen LogP contribution in [-0.2, 0) is 24.5 Å². The summed E-state index contributed by atoms with van der Waals surface area (Å²) in [5.41, 5.74) is 7.54. The first-order valence-corrected chi connectivity index (χ1v) is 12.4. The maximum absolute atomic E-state index is 11.4. The number of quaternary nitrogens is 1. The summed E-state index contributed by atoms with van der Waals surface area (Å²) < 4.78 is 30.3. The second-order valence-corrected chi connectivity index (χ2v) is 10.5. The van der Waals surface area contributed by atoms with Gasteiger partial charge in [-0.2, -0.15) is 0 Å². The molecule has 0 fully saturated rings. The average Bonchev–Trinajstić information content (AvgIpc) is 2.84. The van der Waals surface area contributed by atoms with Gasteiger partial charge in [0.25, 0.3) is 7.82 Å². The lowest BCUT2D eigenvalue weighted by atomic mass is 10.2. The van der Waals surface area contributed by atoms with Crippen molar-refractivity contribution < 1.29 is 42.7 Å². The summed E-state index contributed by atoms with van der Waals surface area (Å²) in [6.07, 6.45) is 1.11. The maximum Gasteiger partial charge on any atom is 0.476 e. The molecule has 4 atom stereocenters. The Labute approximate surface area is 172 Å². The minimum absolute atomic E-state index is 0.153. The number of nitrogen functional groups attached to an aromatic ring is 1. The van der Waals surface area contributed by atoms with E-state index >= 15 is 0 Å². The summed E-state index contributed by atoms with van der Waals surface area (Å²) in [5.74, 6) is 0.902. The third-order valence-electron chi connectivity index (χ3n) is 4.14. The molecule has 29 heavy (non-hydrogen) atoms. The molecule has 4 unspecified atom stereocenters. The number of phosphoric ester groups is 1. The molecular weight excluding hydrogens is 446 g/mol. The Morgan fingerprint density at radius 2 is 2.07 bits per heavy atom. The van der Waals surface area contributed by atoms with Gasteiger partial charge in [-0.05, 0) is 13.8 Å². The van der Waals surface area contributed by atoms with Crippen LogP contribution in [0.3, 0.4) is 0 Å². The number of nitrogens with two attached hydrogens (primary N) is 1. The van der Waals surface area contributed by atoms with E-state index in [0.29, 0.717) is 23.8 Å². The van der Waals surface area contributed by atoms with E-state index < -0.39 is 21.7 Å². The maximum atomic E-state index is 11.4. The molecule has 164 valence electrons. The SMILES string of the molecule is CC1=C(CCOP(=O)([O-])OP(=O)(O)O)SC(C(C)O)[NH+]1Cc1cnc(C)nc1N. The Balaban J connectivity index is 2.10. The molecule has 2 heterocycles. The van der Waals surface area contributed by atoms with Gasteiger partial charge in [-0.1, -0.05) is 11.8 Å². The monoisotopic (exact) mass is 470 g/mol. The largest absolute Gasteiger partial charge is 0.756 e. The van der Waals surface area contributed by atoms with Crippen molar-refractivity contribution in [2.24, 2.45) is 0 Å². The molecule has 1 aliphatic rings. The van der Waals surface area contributed by atoms with Gasteiger partial charge in [0.05, 0.1) is 12.2 Å². The fourth-order valence-electron chi connectivity index (χ4n) is 2.83. The van der Waals surface area contributed by atoms with Gasteiger partial charge >= 0.3 is 7.82 Å². The minimum atomic E-state index is -5.22. The molecule has 0 aromatic carbocycles. The predicted molar refractivity (Wildman–Crippen MR) is 103 cm³/mol. The molecule has 1 aromatic rings. The molecule has 1 aliphatic heterocycles. The van der Waals surface area contributed by atoms with Gasteiger partial charge < -0.3 is 30.0 Å². The fraction of sp³-hybridized carbons (Fsp3) is 0.571. The van der Waals surface area contributed by atoms with Crippen molar-refractivity contribution in [3.05, 3.63) is 28.2 Å². The van der Waals surface area contributed by atoms with Gasteiger partial charge in [0, 0.05) is 24.4 Å². The van der Waals surface area contributed by atoms with Crippen molar-refractivity contribution in [2.75, 3.05) is 12.3 Å². The number of nitrogens with zero attached hydrogens (tertiary/aromatic N) is 2. The molecule has 0 aliphatic carbocycles. The summed E-state index contributed by atoms with van der Waals surface area (Å²) in [6.45, 7) is 5.28. The first-order valence-electron chi connectivity index (χ1n) is 8.50. The zero-order chi connectivity index (χ0) is 22.0. The average molecular weight is 470 g/mol. The number of aliphatic hydroxyl groups is 1. The van der Waals surface area contributed by atoms with Gasteiger partial charge in [-0.3, -0.25) is 9.46 Å². The van der Waals surface area contributed by atoms with E-state index in [1.807, 2.05) is 6.92 Å². The number of nitrogens with one attached hydrogen (secondary N) is 1. The fourth-order valence-corrected chi connectivity index (χ4v) is 5.79. The molecule has 0 saturated carbocycles. The van der Waals surface area contributed by atoms with Gasteiger partial charge in [-0.25, -0.2) is 18.8 Å². The number of aromatic nitrogens is 2. The van der Waals surface area contributed by atoms with Gasteiger partial charge in [-0.15, -0.1) is 0 Å². The van der Waals surface area contributed by atoms with Crippen LogP contribution in [0, 0.1) is 6.92 Å². The third kappa shape index (κ3) is 7.11. The highest BCUT2D eigenvalue weighted by molar-refractivity contribution is 8.03. The van der Waals surface area contributed by atoms with Crippen LogP contribution in [0.1, 0.15) is 31.7 Å². The molecule has 6 N–H and O–H groups in total. The third-order valence-corrected chi connectivity index (χ3v) is 8.01. The lowest BCUT2D eigenvalue weighted by Crippen LogP contribution is -3.12. The van der Waals surface area contributed by atoms with E-state index in [1.165, 1.54) is 11.8 Å².